The molecule has 0 aliphatic carbocycles. The molecule has 6 heteroatoms. The number of amides is 1. The van der Waals surface area contributed by atoms with Crippen molar-refractivity contribution in [2.75, 3.05) is 25.0 Å². The van der Waals surface area contributed by atoms with Gasteiger partial charge in [-0.1, -0.05) is 12.1 Å². The minimum absolute atomic E-state index is 0.445. The van der Waals surface area contributed by atoms with Crippen LogP contribution < -0.4 is 11.1 Å². The number of likely N-dealkylation sites (tertiary alicyclic amines) is 1. The highest BCUT2D eigenvalue weighted by Gasteiger charge is 2.16. The first-order chi connectivity index (χ1) is 11.8. The molecule has 1 aliphatic rings. The molecule has 1 amide bonds. The zero-order valence-corrected chi connectivity index (χ0v) is 15.5. The van der Waals surface area contributed by atoms with Gasteiger partial charge in [0.1, 0.15) is 5.60 Å². The fourth-order valence-corrected chi connectivity index (χ4v) is 2.70. The summed E-state index contributed by atoms with van der Waals surface area (Å²) in [4.78, 5) is 18.4. The molecule has 1 heterocycles. The van der Waals surface area contributed by atoms with Crippen molar-refractivity contribution in [1.82, 2.24) is 4.90 Å². The molecular formula is C19H30N4O2. The van der Waals surface area contributed by atoms with E-state index in [-0.39, 0.29) is 0 Å². The third-order valence-corrected chi connectivity index (χ3v) is 3.95. The first-order valence-electron chi connectivity index (χ1n) is 8.97. The van der Waals surface area contributed by atoms with Crippen molar-refractivity contribution >= 4 is 17.7 Å². The van der Waals surface area contributed by atoms with Gasteiger partial charge in [0, 0.05) is 25.3 Å². The Morgan fingerprint density at radius 3 is 2.44 bits per heavy atom. The third kappa shape index (κ3) is 7.03. The highest BCUT2D eigenvalue weighted by atomic mass is 16.6. The number of benzene rings is 1. The Labute approximate surface area is 150 Å². The van der Waals surface area contributed by atoms with E-state index in [9.17, 15) is 4.79 Å². The van der Waals surface area contributed by atoms with Crippen LogP contribution in [-0.4, -0.2) is 42.2 Å². The quantitative estimate of drug-likeness (QED) is 0.647. The van der Waals surface area contributed by atoms with Crippen molar-refractivity contribution in [3.63, 3.8) is 0 Å². The first kappa shape index (κ1) is 19.1. The minimum Gasteiger partial charge on any atom is -0.444 e. The molecule has 2 rings (SSSR count). The molecule has 1 aliphatic heterocycles. The van der Waals surface area contributed by atoms with Crippen molar-refractivity contribution in [1.29, 1.82) is 0 Å². The summed E-state index contributed by atoms with van der Waals surface area (Å²) in [5.74, 6) is 0.655. The molecule has 0 unspecified atom stereocenters. The first-order valence-corrected chi connectivity index (χ1v) is 8.97. The van der Waals surface area contributed by atoms with E-state index in [1.165, 1.54) is 19.3 Å². The molecule has 1 aromatic rings. The van der Waals surface area contributed by atoms with Crippen LogP contribution in [0.4, 0.5) is 10.5 Å². The molecule has 1 aromatic carbocycles. The van der Waals surface area contributed by atoms with Crippen LogP contribution in [0.3, 0.4) is 0 Å². The molecule has 1 fully saturated rings. The number of ether oxygens (including phenoxy) is 1. The van der Waals surface area contributed by atoms with Crippen LogP contribution in [0.25, 0.3) is 0 Å². The Kier molecular flexibility index (Phi) is 6.67. The smallest absolute Gasteiger partial charge is 0.412 e. The SMILES string of the molecule is CC(C)(C)OC(=O)Nc1ccc(CCN=C(N)N2CCCCC2)cc1. The van der Waals surface area contributed by atoms with E-state index in [4.69, 9.17) is 10.5 Å². The summed E-state index contributed by atoms with van der Waals surface area (Å²) in [5, 5.41) is 2.73. The van der Waals surface area contributed by atoms with Gasteiger partial charge in [0.05, 0.1) is 0 Å². The van der Waals surface area contributed by atoms with Crippen LogP contribution in [-0.2, 0) is 11.2 Å². The maximum atomic E-state index is 11.7. The third-order valence-electron chi connectivity index (χ3n) is 3.95. The number of aliphatic imine (C=N–C) groups is 1. The number of anilines is 1. The van der Waals surface area contributed by atoms with Crippen molar-refractivity contribution in [2.45, 2.75) is 52.1 Å². The van der Waals surface area contributed by atoms with Crippen LogP contribution in [0.5, 0.6) is 0 Å². The fourth-order valence-electron chi connectivity index (χ4n) is 2.70. The van der Waals surface area contributed by atoms with Gasteiger partial charge in [-0.2, -0.15) is 0 Å². The minimum atomic E-state index is -0.504. The van der Waals surface area contributed by atoms with Gasteiger partial charge in [-0.25, -0.2) is 4.79 Å². The number of nitrogens with two attached hydrogens (primary N) is 1. The molecule has 0 atom stereocenters. The Hall–Kier alpha value is -2.24. The van der Waals surface area contributed by atoms with E-state index in [0.29, 0.717) is 18.2 Å². The lowest BCUT2D eigenvalue weighted by molar-refractivity contribution is 0.0636. The predicted molar refractivity (Wildman–Crippen MR) is 102 cm³/mol. The van der Waals surface area contributed by atoms with Gasteiger partial charge in [-0.3, -0.25) is 10.3 Å². The van der Waals surface area contributed by atoms with Crippen LogP contribution >= 0.6 is 0 Å². The fraction of sp³-hybridized carbons (Fsp3) is 0.579. The van der Waals surface area contributed by atoms with Gasteiger partial charge in [0.2, 0.25) is 0 Å². The Bertz CT molecular complexity index is 584. The molecule has 1 saturated heterocycles. The normalized spacial score (nSPS) is 15.8. The van der Waals surface area contributed by atoms with Crippen LogP contribution in [0, 0.1) is 0 Å². The molecule has 0 spiro atoms. The average molecular weight is 346 g/mol. The van der Waals surface area contributed by atoms with E-state index < -0.39 is 11.7 Å². The summed E-state index contributed by atoms with van der Waals surface area (Å²) in [7, 11) is 0. The number of carbonyl (C=O) groups is 1. The number of hydrogen-bond acceptors (Lipinski definition) is 3. The van der Waals surface area contributed by atoms with E-state index in [0.717, 1.165) is 25.1 Å². The Morgan fingerprint density at radius 1 is 1.20 bits per heavy atom. The molecule has 0 aromatic heterocycles. The van der Waals surface area contributed by atoms with Crippen LogP contribution in [0.15, 0.2) is 29.3 Å². The van der Waals surface area contributed by atoms with E-state index in [1.54, 1.807) is 0 Å². The van der Waals surface area contributed by atoms with Crippen LogP contribution in [0.2, 0.25) is 0 Å². The number of hydrogen-bond donors (Lipinski definition) is 2. The second-order valence-electron chi connectivity index (χ2n) is 7.36. The molecule has 3 N–H and O–H groups in total. The summed E-state index contributed by atoms with van der Waals surface area (Å²) in [6.45, 7) is 8.21. The Balaban J connectivity index is 1.79. The lowest BCUT2D eigenvalue weighted by Crippen LogP contribution is -2.41. The highest BCUT2D eigenvalue weighted by molar-refractivity contribution is 5.84. The van der Waals surface area contributed by atoms with Gasteiger partial charge < -0.3 is 15.4 Å². The Morgan fingerprint density at radius 2 is 1.84 bits per heavy atom. The lowest BCUT2D eigenvalue weighted by atomic mass is 10.1. The summed E-state index contributed by atoms with van der Waals surface area (Å²) < 4.78 is 5.23. The number of carbonyl (C=O) groups excluding carboxylic acids is 1. The number of piperidine rings is 1. The molecule has 6 nitrogen and oxygen atoms in total. The van der Waals surface area contributed by atoms with Crippen molar-refractivity contribution in [3.05, 3.63) is 29.8 Å². The van der Waals surface area contributed by atoms with Gasteiger partial charge >= 0.3 is 6.09 Å². The monoisotopic (exact) mass is 346 g/mol. The van der Waals surface area contributed by atoms with E-state index in [2.05, 4.69) is 15.2 Å². The predicted octanol–water partition coefficient (Wildman–Crippen LogP) is 3.38. The van der Waals surface area contributed by atoms with Gasteiger partial charge in [0.15, 0.2) is 5.96 Å². The summed E-state index contributed by atoms with van der Waals surface area (Å²) in [6.07, 6.45) is 4.05. The molecule has 138 valence electrons. The average Bonchev–Trinajstić information content (AvgIpc) is 2.55. The van der Waals surface area contributed by atoms with Gasteiger partial charge in [0.25, 0.3) is 0 Å². The number of guanidine groups is 1. The standard InChI is InChI=1S/C19H30N4O2/c1-19(2,3)25-18(24)22-16-9-7-15(8-10-16)11-12-21-17(20)23-13-5-4-6-14-23/h7-10H,4-6,11-14H2,1-3H3,(H2,20,21)(H,22,24). The molecule has 0 saturated carbocycles. The zero-order valence-electron chi connectivity index (χ0n) is 15.5. The van der Waals surface area contributed by atoms with Gasteiger partial charge in [-0.05, 0) is 64.2 Å². The molecule has 0 bridgehead atoms. The van der Waals surface area contributed by atoms with Crippen molar-refractivity contribution in [3.8, 4) is 0 Å². The lowest BCUT2D eigenvalue weighted by Gasteiger charge is -2.27. The molecule has 0 radical (unpaired) electrons. The van der Waals surface area contributed by atoms with Crippen molar-refractivity contribution in [2.24, 2.45) is 10.7 Å². The second kappa shape index (κ2) is 8.74. The summed E-state index contributed by atoms with van der Waals surface area (Å²) in [6, 6.07) is 7.71. The van der Waals surface area contributed by atoms with Crippen molar-refractivity contribution < 1.29 is 9.53 Å². The maximum absolute atomic E-state index is 11.7. The summed E-state index contributed by atoms with van der Waals surface area (Å²) in [5.41, 5.74) is 7.43. The maximum Gasteiger partial charge on any atom is 0.412 e. The largest absolute Gasteiger partial charge is 0.444 e. The van der Waals surface area contributed by atoms with Crippen LogP contribution in [0.1, 0.15) is 45.6 Å². The van der Waals surface area contributed by atoms with E-state index in [1.807, 2.05) is 45.0 Å². The number of nitrogens with one attached hydrogen (secondary N) is 1. The second-order valence-corrected chi connectivity index (χ2v) is 7.36. The topological polar surface area (TPSA) is 79.9 Å². The number of rotatable bonds is 4. The molecule has 25 heavy (non-hydrogen) atoms. The van der Waals surface area contributed by atoms with Gasteiger partial charge in [-0.15, -0.1) is 0 Å². The highest BCUT2D eigenvalue weighted by Crippen LogP contribution is 2.13. The number of nitrogens with zero attached hydrogens (tertiary/aromatic N) is 2. The molecular weight excluding hydrogens is 316 g/mol. The van der Waals surface area contributed by atoms with E-state index >= 15 is 0 Å². The zero-order chi connectivity index (χ0) is 18.3. The summed E-state index contributed by atoms with van der Waals surface area (Å²) >= 11 is 0.